The summed E-state index contributed by atoms with van der Waals surface area (Å²) in [6.07, 6.45) is 1.92. The van der Waals surface area contributed by atoms with Crippen LogP contribution in [-0.2, 0) is 6.42 Å². The molecule has 0 saturated heterocycles. The van der Waals surface area contributed by atoms with Crippen molar-refractivity contribution in [3.05, 3.63) is 38.4 Å². The van der Waals surface area contributed by atoms with Gasteiger partial charge in [-0.25, -0.2) is 0 Å². The van der Waals surface area contributed by atoms with E-state index in [-0.39, 0.29) is 10.6 Å². The Morgan fingerprint density at radius 3 is 2.33 bits per heavy atom. The third kappa shape index (κ3) is 3.29. The van der Waals surface area contributed by atoms with Crippen molar-refractivity contribution >= 4 is 5.69 Å². The highest BCUT2D eigenvalue weighted by atomic mass is 16.6. The number of hydrogen-bond donors (Lipinski definition) is 0. The van der Waals surface area contributed by atoms with E-state index in [1.165, 1.54) is 0 Å². The average Bonchev–Trinajstić information content (AvgIpc) is 2.21. The number of nitrogens with zero attached hydrogens (tertiary/aromatic N) is 2. The largest absolute Gasteiger partial charge is 0.309 e. The number of rotatable bonds is 5. The van der Waals surface area contributed by atoms with Crippen LogP contribution in [0.5, 0.6) is 0 Å². The Hall–Kier alpha value is -1.42. The minimum absolute atomic E-state index is 0.264. The molecule has 0 aliphatic carbocycles. The lowest BCUT2D eigenvalue weighted by Crippen LogP contribution is -2.14. The van der Waals surface area contributed by atoms with E-state index in [0.29, 0.717) is 0 Å². The van der Waals surface area contributed by atoms with Crippen molar-refractivity contribution in [3.8, 4) is 0 Å². The molecule has 0 spiro atoms. The summed E-state index contributed by atoms with van der Waals surface area (Å²) in [6, 6.07) is 1.93. The molecule has 1 rings (SSSR count). The van der Waals surface area contributed by atoms with Crippen LogP contribution in [0.3, 0.4) is 0 Å². The first kappa shape index (κ1) is 14.6. The van der Waals surface area contributed by atoms with E-state index in [9.17, 15) is 10.1 Å². The first-order valence-corrected chi connectivity index (χ1v) is 6.23. The van der Waals surface area contributed by atoms with Gasteiger partial charge >= 0.3 is 0 Å². The average molecular weight is 250 g/mol. The van der Waals surface area contributed by atoms with Gasteiger partial charge in [-0.15, -0.1) is 0 Å². The molecular weight excluding hydrogens is 228 g/mol. The lowest BCUT2D eigenvalue weighted by molar-refractivity contribution is -0.386. The van der Waals surface area contributed by atoms with Gasteiger partial charge in [-0.2, -0.15) is 0 Å². The van der Waals surface area contributed by atoms with E-state index in [1.807, 2.05) is 40.9 Å². The fraction of sp³-hybridized carbons (Fsp3) is 0.571. The predicted molar refractivity (Wildman–Crippen MR) is 74.2 cm³/mol. The Morgan fingerprint density at radius 1 is 1.22 bits per heavy atom. The Kier molecular flexibility index (Phi) is 4.84. The highest BCUT2D eigenvalue weighted by Gasteiger charge is 2.19. The number of nitro benzene ring substituents is 1. The van der Waals surface area contributed by atoms with Gasteiger partial charge in [0.15, 0.2) is 0 Å². The number of nitro groups is 1. The van der Waals surface area contributed by atoms with Crippen molar-refractivity contribution in [1.29, 1.82) is 0 Å². The van der Waals surface area contributed by atoms with Crippen LogP contribution in [0.2, 0.25) is 0 Å². The minimum Gasteiger partial charge on any atom is -0.309 e. The van der Waals surface area contributed by atoms with Crippen LogP contribution < -0.4 is 0 Å². The van der Waals surface area contributed by atoms with Crippen molar-refractivity contribution in [2.45, 2.75) is 33.6 Å². The molecule has 0 amide bonds. The molecule has 100 valence electrons. The lowest BCUT2D eigenvalue weighted by Gasteiger charge is -2.14. The van der Waals surface area contributed by atoms with Gasteiger partial charge in [-0.05, 0) is 71.4 Å². The fourth-order valence-electron chi connectivity index (χ4n) is 2.45. The molecule has 0 aromatic heterocycles. The standard InChI is InChI=1S/C14H22N2O2/c1-10-9-11(2)14(16(17)18)12(3)13(10)7-6-8-15(4)5/h9H,6-8H2,1-5H3. The SMILES string of the molecule is Cc1cc(C)c([N+](=O)[O-])c(C)c1CCCN(C)C. The number of hydrogen-bond acceptors (Lipinski definition) is 3. The van der Waals surface area contributed by atoms with Crippen molar-refractivity contribution in [1.82, 2.24) is 4.90 Å². The zero-order valence-electron chi connectivity index (χ0n) is 11.9. The molecule has 0 radical (unpaired) electrons. The molecule has 4 nitrogen and oxygen atoms in total. The topological polar surface area (TPSA) is 46.4 Å². The van der Waals surface area contributed by atoms with Gasteiger partial charge in [0.2, 0.25) is 0 Å². The molecule has 1 aromatic carbocycles. The summed E-state index contributed by atoms with van der Waals surface area (Å²) in [7, 11) is 4.08. The maximum absolute atomic E-state index is 11.1. The van der Waals surface area contributed by atoms with Gasteiger partial charge in [-0.3, -0.25) is 10.1 Å². The Bertz CT molecular complexity index is 454. The second-order valence-electron chi connectivity index (χ2n) is 5.13. The van der Waals surface area contributed by atoms with Crippen LogP contribution >= 0.6 is 0 Å². The highest BCUT2D eigenvalue weighted by molar-refractivity contribution is 5.53. The zero-order chi connectivity index (χ0) is 13.9. The summed E-state index contributed by atoms with van der Waals surface area (Å²) < 4.78 is 0. The normalized spacial score (nSPS) is 11.0. The second kappa shape index (κ2) is 5.96. The maximum Gasteiger partial charge on any atom is 0.275 e. The van der Waals surface area contributed by atoms with E-state index in [1.54, 1.807) is 0 Å². The van der Waals surface area contributed by atoms with Gasteiger partial charge in [0, 0.05) is 11.1 Å². The molecule has 0 fully saturated rings. The quantitative estimate of drug-likeness (QED) is 0.596. The fourth-order valence-corrected chi connectivity index (χ4v) is 2.45. The van der Waals surface area contributed by atoms with Crippen LogP contribution in [0.25, 0.3) is 0 Å². The molecule has 4 heteroatoms. The molecule has 0 saturated carbocycles. The van der Waals surface area contributed by atoms with Gasteiger partial charge in [0.1, 0.15) is 0 Å². The number of benzene rings is 1. The van der Waals surface area contributed by atoms with Crippen molar-refractivity contribution in [3.63, 3.8) is 0 Å². The van der Waals surface area contributed by atoms with Gasteiger partial charge in [-0.1, -0.05) is 0 Å². The molecule has 0 heterocycles. The van der Waals surface area contributed by atoms with E-state index >= 15 is 0 Å². The van der Waals surface area contributed by atoms with Crippen LogP contribution in [0.15, 0.2) is 6.07 Å². The molecule has 0 N–H and O–H groups in total. The molecule has 0 bridgehead atoms. The highest BCUT2D eigenvalue weighted by Crippen LogP contribution is 2.29. The van der Waals surface area contributed by atoms with Crippen molar-refractivity contribution < 1.29 is 4.92 Å². The van der Waals surface area contributed by atoms with Crippen LogP contribution in [-0.4, -0.2) is 30.5 Å². The summed E-state index contributed by atoms with van der Waals surface area (Å²) in [5.41, 5.74) is 4.16. The third-order valence-corrected chi connectivity index (χ3v) is 3.31. The maximum atomic E-state index is 11.1. The number of aryl methyl sites for hydroxylation is 2. The molecule has 0 aliphatic heterocycles. The van der Waals surface area contributed by atoms with Crippen LogP contribution in [0.1, 0.15) is 28.7 Å². The van der Waals surface area contributed by atoms with Crippen molar-refractivity contribution in [2.75, 3.05) is 20.6 Å². The van der Waals surface area contributed by atoms with Gasteiger partial charge in [0.25, 0.3) is 5.69 Å². The van der Waals surface area contributed by atoms with E-state index < -0.39 is 0 Å². The molecule has 1 aromatic rings. The van der Waals surface area contributed by atoms with Gasteiger partial charge < -0.3 is 4.90 Å². The van der Waals surface area contributed by atoms with Crippen LogP contribution in [0.4, 0.5) is 5.69 Å². The third-order valence-electron chi connectivity index (χ3n) is 3.31. The predicted octanol–water partition coefficient (Wildman–Crippen LogP) is 3.01. The summed E-state index contributed by atoms with van der Waals surface area (Å²) in [5, 5.41) is 11.1. The minimum atomic E-state index is -0.264. The summed E-state index contributed by atoms with van der Waals surface area (Å²) in [6.45, 7) is 6.71. The molecule has 18 heavy (non-hydrogen) atoms. The smallest absolute Gasteiger partial charge is 0.275 e. The Balaban J connectivity index is 3.04. The van der Waals surface area contributed by atoms with E-state index in [0.717, 1.165) is 41.6 Å². The zero-order valence-corrected chi connectivity index (χ0v) is 11.9. The van der Waals surface area contributed by atoms with Crippen LogP contribution in [0, 0.1) is 30.9 Å². The first-order valence-electron chi connectivity index (χ1n) is 6.23. The summed E-state index contributed by atoms with van der Waals surface area (Å²) in [4.78, 5) is 13.0. The van der Waals surface area contributed by atoms with E-state index in [4.69, 9.17) is 0 Å². The summed E-state index contributed by atoms with van der Waals surface area (Å²) in [5.74, 6) is 0. The monoisotopic (exact) mass is 250 g/mol. The Morgan fingerprint density at radius 2 is 1.83 bits per heavy atom. The molecule has 0 atom stereocenters. The Labute approximate surface area is 109 Å². The molecule has 0 aliphatic rings. The van der Waals surface area contributed by atoms with Gasteiger partial charge in [0.05, 0.1) is 4.92 Å². The lowest BCUT2D eigenvalue weighted by atomic mass is 9.94. The molecular formula is C14H22N2O2. The van der Waals surface area contributed by atoms with Crippen molar-refractivity contribution in [2.24, 2.45) is 0 Å². The second-order valence-corrected chi connectivity index (χ2v) is 5.13. The summed E-state index contributed by atoms with van der Waals surface area (Å²) >= 11 is 0. The first-order chi connectivity index (χ1) is 8.34. The van der Waals surface area contributed by atoms with E-state index in [2.05, 4.69) is 4.90 Å². The molecule has 0 unspecified atom stereocenters.